The Hall–Kier alpha value is -2.58. The van der Waals surface area contributed by atoms with Crippen molar-refractivity contribution < 1.29 is 13.9 Å². The zero-order valence-electron chi connectivity index (χ0n) is 19.3. The summed E-state index contributed by atoms with van der Waals surface area (Å²) in [7, 11) is 1.92. The van der Waals surface area contributed by atoms with Crippen molar-refractivity contribution in [2.45, 2.75) is 38.3 Å². The molecule has 33 heavy (non-hydrogen) atoms. The van der Waals surface area contributed by atoms with E-state index in [9.17, 15) is 9.18 Å². The van der Waals surface area contributed by atoms with Crippen LogP contribution in [-0.4, -0.2) is 78.2 Å². The van der Waals surface area contributed by atoms with E-state index in [-0.39, 0.29) is 23.2 Å². The Morgan fingerprint density at radius 1 is 1.09 bits per heavy atom. The fourth-order valence-electron chi connectivity index (χ4n) is 5.49. The second kappa shape index (κ2) is 9.35. The van der Waals surface area contributed by atoms with Crippen LogP contribution in [0, 0.1) is 11.2 Å². The summed E-state index contributed by atoms with van der Waals surface area (Å²) >= 11 is 0. The number of hydrogen-bond donors (Lipinski definition) is 0. The number of ether oxygens (including phenoxy) is 1. The predicted octanol–water partition coefficient (Wildman–Crippen LogP) is 2.51. The van der Waals surface area contributed by atoms with Crippen molar-refractivity contribution in [2.75, 3.05) is 51.3 Å². The van der Waals surface area contributed by atoms with Crippen molar-refractivity contribution >= 4 is 11.9 Å². The molecule has 1 atom stereocenters. The molecule has 3 aliphatic rings. The second-order valence-electron chi connectivity index (χ2n) is 9.61. The van der Waals surface area contributed by atoms with Crippen LogP contribution in [-0.2, 0) is 22.5 Å². The van der Waals surface area contributed by atoms with E-state index < -0.39 is 0 Å². The van der Waals surface area contributed by atoms with E-state index in [4.69, 9.17) is 9.72 Å². The summed E-state index contributed by atoms with van der Waals surface area (Å²) in [6, 6.07) is 8.81. The van der Waals surface area contributed by atoms with Gasteiger partial charge in [0.05, 0.1) is 24.3 Å². The first-order valence-electron chi connectivity index (χ1n) is 11.9. The molecule has 7 nitrogen and oxygen atoms in total. The van der Waals surface area contributed by atoms with E-state index in [2.05, 4.69) is 14.8 Å². The minimum atomic E-state index is -0.263. The molecule has 3 saturated heterocycles. The summed E-state index contributed by atoms with van der Waals surface area (Å²) in [5.74, 6) is 0.825. The highest BCUT2D eigenvalue weighted by molar-refractivity contribution is 5.85. The van der Waals surface area contributed by atoms with Gasteiger partial charge in [0, 0.05) is 38.9 Å². The first-order valence-corrected chi connectivity index (χ1v) is 11.9. The highest BCUT2D eigenvalue weighted by atomic mass is 19.1. The minimum absolute atomic E-state index is 0.174. The number of amides is 1. The molecular formula is C25H32FN5O2. The third-order valence-electron chi connectivity index (χ3n) is 7.53. The first-order chi connectivity index (χ1) is 16.0. The van der Waals surface area contributed by atoms with Crippen LogP contribution in [0.4, 0.5) is 10.3 Å². The fourth-order valence-corrected chi connectivity index (χ4v) is 5.49. The molecular weight excluding hydrogens is 421 g/mol. The molecule has 0 unspecified atom stereocenters. The minimum Gasteiger partial charge on any atom is -0.378 e. The van der Waals surface area contributed by atoms with Crippen LogP contribution < -0.4 is 4.90 Å². The number of hydrogen-bond acceptors (Lipinski definition) is 6. The quantitative estimate of drug-likeness (QED) is 0.693. The molecule has 1 aromatic carbocycles. The molecule has 5 rings (SSSR count). The second-order valence-corrected chi connectivity index (χ2v) is 9.61. The molecule has 0 bridgehead atoms. The maximum Gasteiger partial charge on any atom is 0.228 e. The zero-order chi connectivity index (χ0) is 22.8. The lowest BCUT2D eigenvalue weighted by atomic mass is 9.75. The first kappa shape index (κ1) is 22.2. The molecule has 0 saturated carbocycles. The van der Waals surface area contributed by atoms with Gasteiger partial charge >= 0.3 is 0 Å². The Morgan fingerprint density at radius 3 is 2.55 bits per heavy atom. The lowest BCUT2D eigenvalue weighted by molar-refractivity contribution is -0.137. The van der Waals surface area contributed by atoms with Gasteiger partial charge in [0.1, 0.15) is 5.82 Å². The van der Waals surface area contributed by atoms with Crippen molar-refractivity contribution in [3.63, 3.8) is 0 Å². The SMILES string of the molecule is CN1C(=O)C2(CCN(Cc3ccnc(N4CCOCC4)n3)CC2)C[C@H]1Cc1ccc(F)cc1. The summed E-state index contributed by atoms with van der Waals surface area (Å²) in [6.45, 7) is 5.63. The summed E-state index contributed by atoms with van der Waals surface area (Å²) in [5, 5.41) is 0. The molecule has 2 aromatic rings. The molecule has 176 valence electrons. The third-order valence-corrected chi connectivity index (χ3v) is 7.53. The smallest absolute Gasteiger partial charge is 0.228 e. The van der Waals surface area contributed by atoms with Gasteiger partial charge in [-0.1, -0.05) is 12.1 Å². The van der Waals surface area contributed by atoms with Crippen LogP contribution in [0.5, 0.6) is 0 Å². The fraction of sp³-hybridized carbons (Fsp3) is 0.560. The van der Waals surface area contributed by atoms with E-state index in [1.165, 1.54) is 12.1 Å². The van der Waals surface area contributed by atoms with Gasteiger partial charge in [0.25, 0.3) is 0 Å². The number of nitrogens with zero attached hydrogens (tertiary/aromatic N) is 5. The van der Waals surface area contributed by atoms with Crippen molar-refractivity contribution in [1.29, 1.82) is 0 Å². The summed E-state index contributed by atoms with van der Waals surface area (Å²) < 4.78 is 18.7. The summed E-state index contributed by atoms with van der Waals surface area (Å²) in [4.78, 5) is 29.0. The number of likely N-dealkylation sites (tertiary alicyclic amines) is 2. The number of morpholine rings is 1. The summed E-state index contributed by atoms with van der Waals surface area (Å²) in [5.41, 5.74) is 1.84. The largest absolute Gasteiger partial charge is 0.378 e. The molecule has 0 N–H and O–H groups in total. The van der Waals surface area contributed by atoms with Gasteiger partial charge in [0.2, 0.25) is 11.9 Å². The molecule has 1 amide bonds. The highest BCUT2D eigenvalue weighted by Gasteiger charge is 2.51. The van der Waals surface area contributed by atoms with Crippen LogP contribution in [0.3, 0.4) is 0 Å². The van der Waals surface area contributed by atoms with Crippen molar-refractivity contribution in [3.05, 3.63) is 53.6 Å². The normalized spacial score (nSPS) is 23.5. The van der Waals surface area contributed by atoms with Gasteiger partial charge in [-0.3, -0.25) is 9.69 Å². The molecule has 0 aliphatic carbocycles. The number of rotatable bonds is 5. The monoisotopic (exact) mass is 453 g/mol. The molecule has 4 heterocycles. The van der Waals surface area contributed by atoms with Gasteiger partial charge in [0.15, 0.2) is 0 Å². The topological polar surface area (TPSA) is 61.8 Å². The van der Waals surface area contributed by atoms with Crippen molar-refractivity contribution in [2.24, 2.45) is 5.41 Å². The lowest BCUT2D eigenvalue weighted by Gasteiger charge is -2.37. The Morgan fingerprint density at radius 2 is 1.82 bits per heavy atom. The number of piperidine rings is 1. The van der Waals surface area contributed by atoms with Crippen molar-refractivity contribution in [3.8, 4) is 0 Å². The highest BCUT2D eigenvalue weighted by Crippen LogP contribution is 2.44. The number of carbonyl (C=O) groups is 1. The van der Waals surface area contributed by atoms with Gasteiger partial charge in [-0.2, -0.15) is 0 Å². The Bertz CT molecular complexity index is 971. The standard InChI is InChI=1S/C25H32FN5O2/c1-29-22(16-19-2-4-20(26)5-3-19)17-25(23(29)32)7-10-30(11-8-25)18-21-6-9-27-24(28-21)31-12-14-33-15-13-31/h2-6,9,22H,7-8,10-18H2,1H3/t22-/m1/s1. The van der Waals surface area contributed by atoms with Crippen LogP contribution in [0.1, 0.15) is 30.5 Å². The Kier molecular flexibility index (Phi) is 6.29. The molecule has 1 aromatic heterocycles. The third kappa shape index (κ3) is 4.73. The van der Waals surface area contributed by atoms with Crippen LogP contribution >= 0.6 is 0 Å². The molecule has 0 radical (unpaired) electrons. The van der Waals surface area contributed by atoms with E-state index in [1.54, 1.807) is 0 Å². The Balaban J connectivity index is 1.19. The summed E-state index contributed by atoms with van der Waals surface area (Å²) in [6.07, 6.45) is 5.24. The van der Waals surface area contributed by atoms with Gasteiger partial charge in [-0.15, -0.1) is 0 Å². The van der Waals surface area contributed by atoms with E-state index in [0.717, 1.165) is 75.6 Å². The van der Waals surface area contributed by atoms with Crippen LogP contribution in [0.15, 0.2) is 36.5 Å². The van der Waals surface area contributed by atoms with Gasteiger partial charge in [-0.05, 0) is 62.5 Å². The molecule has 8 heteroatoms. The van der Waals surface area contributed by atoms with Crippen LogP contribution in [0.25, 0.3) is 0 Å². The van der Waals surface area contributed by atoms with Crippen molar-refractivity contribution in [1.82, 2.24) is 19.8 Å². The van der Waals surface area contributed by atoms with E-state index in [1.807, 2.05) is 36.3 Å². The number of halogens is 1. The molecule has 3 fully saturated rings. The molecule has 1 spiro atoms. The number of carbonyl (C=O) groups excluding carboxylic acids is 1. The lowest BCUT2D eigenvalue weighted by Crippen LogP contribution is -2.44. The van der Waals surface area contributed by atoms with E-state index in [0.29, 0.717) is 13.2 Å². The van der Waals surface area contributed by atoms with Crippen LogP contribution in [0.2, 0.25) is 0 Å². The number of likely N-dealkylation sites (N-methyl/N-ethyl adjacent to an activating group) is 1. The van der Waals surface area contributed by atoms with E-state index >= 15 is 0 Å². The van der Waals surface area contributed by atoms with Gasteiger partial charge in [-0.25, -0.2) is 14.4 Å². The number of benzene rings is 1. The average Bonchev–Trinajstić information content (AvgIpc) is 3.07. The number of anilines is 1. The maximum atomic E-state index is 13.2. The van der Waals surface area contributed by atoms with Gasteiger partial charge < -0.3 is 14.5 Å². The maximum absolute atomic E-state index is 13.2. The zero-order valence-corrected chi connectivity index (χ0v) is 19.3. The number of aromatic nitrogens is 2. The average molecular weight is 454 g/mol. The predicted molar refractivity (Wildman–Crippen MR) is 123 cm³/mol. The molecule has 3 aliphatic heterocycles. The Labute approximate surface area is 194 Å².